The molecule has 3 aromatic rings. The highest BCUT2D eigenvalue weighted by Gasteiger charge is 2.35. The van der Waals surface area contributed by atoms with E-state index in [9.17, 15) is 4.79 Å². The summed E-state index contributed by atoms with van der Waals surface area (Å²) in [7, 11) is 0. The standard InChI is InChI=1S/C17H13Cl2N3O3S2/c18-10-3-4-13(12(19)6-10)25-8-14-20-21-17(27-14)22-15(23)9-26-16(22)7-11-2-1-5-24-11/h1-6,16H,7-9H2. The summed E-state index contributed by atoms with van der Waals surface area (Å²) in [6.07, 6.45) is 2.25. The van der Waals surface area contributed by atoms with Crippen molar-refractivity contribution in [3.05, 3.63) is 57.4 Å². The maximum atomic E-state index is 12.3. The predicted octanol–water partition coefficient (Wildman–Crippen LogP) is 4.67. The van der Waals surface area contributed by atoms with Crippen molar-refractivity contribution in [2.24, 2.45) is 0 Å². The summed E-state index contributed by atoms with van der Waals surface area (Å²) in [5.74, 6) is 1.77. The van der Waals surface area contributed by atoms with Gasteiger partial charge >= 0.3 is 0 Å². The average molecular weight is 442 g/mol. The fourth-order valence-corrected chi connectivity index (χ4v) is 5.06. The molecule has 0 saturated carbocycles. The Balaban J connectivity index is 1.45. The highest BCUT2D eigenvalue weighted by Crippen LogP contribution is 2.35. The summed E-state index contributed by atoms with van der Waals surface area (Å²) in [6.45, 7) is 0.205. The van der Waals surface area contributed by atoms with Gasteiger partial charge in [0.05, 0.1) is 22.4 Å². The molecule has 0 spiro atoms. The number of amides is 1. The van der Waals surface area contributed by atoms with Crippen molar-refractivity contribution in [3.8, 4) is 5.75 Å². The van der Waals surface area contributed by atoms with Crippen molar-refractivity contribution in [2.45, 2.75) is 18.4 Å². The minimum atomic E-state index is -0.0592. The van der Waals surface area contributed by atoms with Gasteiger partial charge in [0, 0.05) is 11.4 Å². The van der Waals surface area contributed by atoms with Gasteiger partial charge in [-0.3, -0.25) is 9.69 Å². The number of ether oxygens (including phenoxy) is 1. The van der Waals surface area contributed by atoms with Crippen LogP contribution in [0.25, 0.3) is 0 Å². The average Bonchev–Trinajstić information content (AvgIpc) is 3.37. The van der Waals surface area contributed by atoms with Crippen molar-refractivity contribution in [3.63, 3.8) is 0 Å². The molecule has 1 amide bonds. The molecule has 1 aliphatic rings. The van der Waals surface area contributed by atoms with E-state index < -0.39 is 0 Å². The molecule has 0 bridgehead atoms. The van der Waals surface area contributed by atoms with E-state index in [1.165, 1.54) is 11.3 Å². The van der Waals surface area contributed by atoms with E-state index >= 15 is 0 Å². The summed E-state index contributed by atoms with van der Waals surface area (Å²) < 4.78 is 11.1. The zero-order chi connectivity index (χ0) is 18.8. The van der Waals surface area contributed by atoms with Crippen LogP contribution in [0, 0.1) is 0 Å². The first-order chi connectivity index (χ1) is 13.1. The van der Waals surface area contributed by atoms with E-state index in [4.69, 9.17) is 32.4 Å². The Morgan fingerprint density at radius 1 is 1.30 bits per heavy atom. The lowest BCUT2D eigenvalue weighted by Crippen LogP contribution is -2.33. The zero-order valence-corrected chi connectivity index (χ0v) is 16.9. The predicted molar refractivity (Wildman–Crippen MR) is 107 cm³/mol. The Bertz CT molecular complexity index is 949. The van der Waals surface area contributed by atoms with Gasteiger partial charge in [-0.1, -0.05) is 34.5 Å². The Kier molecular flexibility index (Phi) is 5.58. The normalized spacial score (nSPS) is 16.9. The van der Waals surface area contributed by atoms with E-state index in [1.54, 1.807) is 41.1 Å². The minimum absolute atomic E-state index is 0.0147. The number of carbonyl (C=O) groups is 1. The number of furan rings is 1. The summed E-state index contributed by atoms with van der Waals surface area (Å²) >= 11 is 14.9. The zero-order valence-electron chi connectivity index (χ0n) is 13.8. The highest BCUT2D eigenvalue weighted by molar-refractivity contribution is 8.01. The van der Waals surface area contributed by atoms with E-state index in [0.717, 1.165) is 5.76 Å². The molecule has 1 aromatic carbocycles. The third-order valence-corrected chi connectivity index (χ3v) is 6.42. The topological polar surface area (TPSA) is 68.5 Å². The second-order valence-corrected chi connectivity index (χ2v) is 8.70. The van der Waals surface area contributed by atoms with Crippen LogP contribution in [0.15, 0.2) is 41.0 Å². The van der Waals surface area contributed by atoms with Crippen LogP contribution in [0.5, 0.6) is 5.75 Å². The molecule has 0 radical (unpaired) electrons. The number of rotatable bonds is 6. The van der Waals surface area contributed by atoms with Crippen LogP contribution in [0.4, 0.5) is 5.13 Å². The lowest BCUT2D eigenvalue weighted by molar-refractivity contribution is -0.115. The molecule has 1 saturated heterocycles. The SMILES string of the molecule is O=C1CSC(Cc2ccco2)N1c1nnc(COc2ccc(Cl)cc2Cl)s1. The monoisotopic (exact) mass is 441 g/mol. The van der Waals surface area contributed by atoms with E-state index in [2.05, 4.69) is 10.2 Å². The molecule has 1 aliphatic heterocycles. The molecule has 27 heavy (non-hydrogen) atoms. The first-order valence-electron chi connectivity index (χ1n) is 7.96. The number of thioether (sulfide) groups is 1. The van der Waals surface area contributed by atoms with Gasteiger partial charge in [0.15, 0.2) is 5.01 Å². The number of nitrogens with zero attached hydrogens (tertiary/aromatic N) is 3. The smallest absolute Gasteiger partial charge is 0.239 e. The molecule has 2 aromatic heterocycles. The van der Waals surface area contributed by atoms with E-state index in [0.29, 0.717) is 38.1 Å². The van der Waals surface area contributed by atoms with Gasteiger partial charge in [0.1, 0.15) is 18.1 Å². The molecule has 1 fully saturated rings. The number of hydrogen-bond donors (Lipinski definition) is 0. The van der Waals surface area contributed by atoms with Crippen LogP contribution in [0.2, 0.25) is 10.0 Å². The largest absolute Gasteiger partial charge is 0.485 e. The molecule has 3 heterocycles. The summed E-state index contributed by atoms with van der Waals surface area (Å²) in [6, 6.07) is 8.75. The number of halogens is 2. The van der Waals surface area contributed by atoms with Crippen LogP contribution in [-0.4, -0.2) is 27.2 Å². The molecule has 0 aliphatic carbocycles. The fraction of sp³-hybridized carbons (Fsp3) is 0.235. The van der Waals surface area contributed by atoms with Crippen molar-refractivity contribution in [1.82, 2.24) is 10.2 Å². The number of hydrogen-bond acceptors (Lipinski definition) is 7. The van der Waals surface area contributed by atoms with Crippen molar-refractivity contribution < 1.29 is 13.9 Å². The van der Waals surface area contributed by atoms with Crippen LogP contribution < -0.4 is 9.64 Å². The van der Waals surface area contributed by atoms with Crippen LogP contribution in [0.1, 0.15) is 10.8 Å². The second-order valence-electron chi connectivity index (χ2n) is 5.65. The minimum Gasteiger partial charge on any atom is -0.485 e. The summed E-state index contributed by atoms with van der Waals surface area (Å²) in [4.78, 5) is 14.0. The maximum Gasteiger partial charge on any atom is 0.239 e. The van der Waals surface area contributed by atoms with Crippen LogP contribution in [0.3, 0.4) is 0 Å². The van der Waals surface area contributed by atoms with E-state index in [-0.39, 0.29) is 17.9 Å². The Morgan fingerprint density at radius 3 is 2.96 bits per heavy atom. The van der Waals surface area contributed by atoms with Gasteiger partial charge in [-0.25, -0.2) is 0 Å². The molecule has 6 nitrogen and oxygen atoms in total. The van der Waals surface area contributed by atoms with Crippen LogP contribution >= 0.6 is 46.3 Å². The van der Waals surface area contributed by atoms with Gasteiger partial charge in [-0.05, 0) is 30.3 Å². The number of carbonyl (C=O) groups excluding carboxylic acids is 1. The van der Waals surface area contributed by atoms with Crippen molar-refractivity contribution in [2.75, 3.05) is 10.7 Å². The quantitative estimate of drug-likeness (QED) is 0.553. The van der Waals surface area contributed by atoms with Gasteiger partial charge < -0.3 is 9.15 Å². The molecule has 4 rings (SSSR count). The molecular weight excluding hydrogens is 429 g/mol. The number of anilines is 1. The number of aromatic nitrogens is 2. The Morgan fingerprint density at radius 2 is 2.19 bits per heavy atom. The van der Waals surface area contributed by atoms with Crippen molar-refractivity contribution >= 4 is 57.3 Å². The lowest BCUT2D eigenvalue weighted by atomic mass is 10.3. The molecule has 140 valence electrons. The molecule has 1 unspecified atom stereocenters. The highest BCUT2D eigenvalue weighted by atomic mass is 35.5. The fourth-order valence-electron chi connectivity index (χ4n) is 2.59. The summed E-state index contributed by atoms with van der Waals surface area (Å²) in [5.41, 5.74) is 0. The third-order valence-electron chi connectivity index (χ3n) is 3.82. The summed E-state index contributed by atoms with van der Waals surface area (Å²) in [5, 5.41) is 10.4. The lowest BCUT2D eigenvalue weighted by Gasteiger charge is -2.19. The van der Waals surface area contributed by atoms with E-state index in [1.807, 2.05) is 12.1 Å². The second kappa shape index (κ2) is 8.10. The Labute approximate surface area is 173 Å². The van der Waals surface area contributed by atoms with Gasteiger partial charge in [0.25, 0.3) is 0 Å². The Hall–Kier alpha value is -1.74. The molecular formula is C17H13Cl2N3O3S2. The van der Waals surface area contributed by atoms with Crippen LogP contribution in [-0.2, 0) is 17.8 Å². The molecule has 1 atom stereocenters. The first-order valence-corrected chi connectivity index (χ1v) is 10.6. The van der Waals surface area contributed by atoms with Gasteiger partial charge in [-0.2, -0.15) is 0 Å². The third kappa shape index (κ3) is 4.24. The van der Waals surface area contributed by atoms with Gasteiger partial charge in [-0.15, -0.1) is 22.0 Å². The maximum absolute atomic E-state index is 12.3. The van der Waals surface area contributed by atoms with Gasteiger partial charge in [0.2, 0.25) is 11.0 Å². The first kappa shape index (κ1) is 18.6. The number of benzene rings is 1. The molecule has 10 heteroatoms. The van der Waals surface area contributed by atoms with Crippen molar-refractivity contribution in [1.29, 1.82) is 0 Å². The molecule has 0 N–H and O–H groups in total.